The Bertz CT molecular complexity index is 715. The molecule has 0 spiro atoms. The van der Waals surface area contributed by atoms with Gasteiger partial charge in [-0.05, 0) is 37.3 Å². The molecule has 0 saturated carbocycles. The first-order valence-electron chi connectivity index (χ1n) is 6.23. The summed E-state index contributed by atoms with van der Waals surface area (Å²) in [4.78, 5) is 16.2. The van der Waals surface area contributed by atoms with E-state index in [1.54, 1.807) is 30.3 Å². The van der Waals surface area contributed by atoms with Crippen LogP contribution in [-0.4, -0.2) is 22.6 Å². The first kappa shape index (κ1) is 15.0. The third-order valence-electron chi connectivity index (χ3n) is 2.70. The Morgan fingerprint density at radius 3 is 2.86 bits per heavy atom. The van der Waals surface area contributed by atoms with Crippen LogP contribution in [0.2, 0.25) is 5.02 Å². The molecule has 0 radical (unpaired) electrons. The second kappa shape index (κ2) is 6.89. The smallest absolute Gasteiger partial charge is 0.257 e. The minimum absolute atomic E-state index is 0.223. The van der Waals surface area contributed by atoms with Gasteiger partial charge < -0.3 is 10.4 Å². The van der Waals surface area contributed by atoms with Crippen molar-refractivity contribution in [3.05, 3.63) is 58.4 Å². The summed E-state index contributed by atoms with van der Waals surface area (Å²) in [6, 6.07) is 8.48. The molecular formula is C16H13ClN2O2. The van der Waals surface area contributed by atoms with Crippen LogP contribution in [0.15, 0.2) is 36.5 Å². The van der Waals surface area contributed by atoms with E-state index in [4.69, 9.17) is 16.7 Å². The summed E-state index contributed by atoms with van der Waals surface area (Å²) in [6.07, 6.45) is 1.51. The summed E-state index contributed by atoms with van der Waals surface area (Å²) in [7, 11) is 0. The monoisotopic (exact) mass is 300 g/mol. The molecule has 1 heterocycles. The fourth-order valence-corrected chi connectivity index (χ4v) is 1.80. The number of amides is 1. The van der Waals surface area contributed by atoms with E-state index < -0.39 is 0 Å². The normalized spacial score (nSPS) is 9.67. The number of hydrogen-bond acceptors (Lipinski definition) is 3. The lowest BCUT2D eigenvalue weighted by molar-refractivity contribution is 0.102. The molecule has 0 fully saturated rings. The van der Waals surface area contributed by atoms with Crippen LogP contribution >= 0.6 is 11.6 Å². The van der Waals surface area contributed by atoms with Gasteiger partial charge in [0.05, 0.1) is 16.3 Å². The van der Waals surface area contributed by atoms with Crippen molar-refractivity contribution >= 4 is 23.2 Å². The predicted molar refractivity (Wildman–Crippen MR) is 82.3 cm³/mol. The Kier molecular flexibility index (Phi) is 4.94. The highest BCUT2D eigenvalue weighted by Crippen LogP contribution is 2.23. The van der Waals surface area contributed by atoms with Crippen molar-refractivity contribution in [1.82, 2.24) is 4.98 Å². The molecule has 5 heteroatoms. The lowest BCUT2D eigenvalue weighted by Crippen LogP contribution is -2.12. The van der Waals surface area contributed by atoms with E-state index in [1.807, 2.05) is 6.92 Å². The highest BCUT2D eigenvalue weighted by molar-refractivity contribution is 6.34. The van der Waals surface area contributed by atoms with Crippen LogP contribution in [0.25, 0.3) is 0 Å². The third kappa shape index (κ3) is 4.06. The number of carbonyl (C=O) groups excluding carboxylic acids is 1. The van der Waals surface area contributed by atoms with Gasteiger partial charge in [-0.3, -0.25) is 9.78 Å². The molecule has 1 aromatic carbocycles. The van der Waals surface area contributed by atoms with E-state index in [9.17, 15) is 4.79 Å². The van der Waals surface area contributed by atoms with Gasteiger partial charge in [0.25, 0.3) is 5.91 Å². The molecule has 0 saturated heterocycles. The van der Waals surface area contributed by atoms with E-state index in [2.05, 4.69) is 22.1 Å². The molecule has 21 heavy (non-hydrogen) atoms. The molecule has 0 aliphatic rings. The molecule has 0 aliphatic heterocycles. The predicted octanol–water partition coefficient (Wildman–Crippen LogP) is 2.64. The van der Waals surface area contributed by atoms with Gasteiger partial charge in [0.15, 0.2) is 0 Å². The van der Waals surface area contributed by atoms with Gasteiger partial charge in [0.1, 0.15) is 6.61 Å². The molecule has 2 rings (SSSR count). The van der Waals surface area contributed by atoms with E-state index >= 15 is 0 Å². The number of pyridine rings is 1. The van der Waals surface area contributed by atoms with Gasteiger partial charge in [0.2, 0.25) is 0 Å². The van der Waals surface area contributed by atoms with Gasteiger partial charge in [-0.1, -0.05) is 23.4 Å². The average molecular weight is 301 g/mol. The molecule has 1 aromatic heterocycles. The quantitative estimate of drug-likeness (QED) is 0.838. The number of halogens is 1. The van der Waals surface area contributed by atoms with Crippen molar-refractivity contribution in [3.8, 4) is 11.8 Å². The zero-order chi connectivity index (χ0) is 15.2. The maximum Gasteiger partial charge on any atom is 0.257 e. The SMILES string of the molecule is Cc1ccc(C(=O)Nc2cc(C#CCO)ccc2Cl)cn1. The van der Waals surface area contributed by atoms with Crippen molar-refractivity contribution in [2.45, 2.75) is 6.92 Å². The first-order chi connectivity index (χ1) is 10.1. The Hall–Kier alpha value is -2.35. The van der Waals surface area contributed by atoms with Crippen molar-refractivity contribution in [2.75, 3.05) is 11.9 Å². The Morgan fingerprint density at radius 2 is 2.19 bits per heavy atom. The van der Waals surface area contributed by atoms with Crippen LogP contribution < -0.4 is 5.32 Å². The Balaban J connectivity index is 2.22. The average Bonchev–Trinajstić information content (AvgIpc) is 2.48. The standard InChI is InChI=1S/C16H13ClN2O2/c1-11-4-6-13(10-18-11)16(21)19-15-9-12(3-2-8-20)5-7-14(15)17/h4-7,9-10,20H,8H2,1H3,(H,19,21). The summed E-state index contributed by atoms with van der Waals surface area (Å²) in [5, 5.41) is 11.8. The lowest BCUT2D eigenvalue weighted by Gasteiger charge is -2.08. The zero-order valence-corrected chi connectivity index (χ0v) is 12.1. The van der Waals surface area contributed by atoms with Crippen molar-refractivity contribution in [2.24, 2.45) is 0 Å². The van der Waals surface area contributed by atoms with E-state index in [0.29, 0.717) is 21.8 Å². The van der Waals surface area contributed by atoms with Crippen LogP contribution in [0.4, 0.5) is 5.69 Å². The van der Waals surface area contributed by atoms with Gasteiger partial charge in [-0.25, -0.2) is 0 Å². The molecule has 2 aromatic rings. The molecule has 1 amide bonds. The van der Waals surface area contributed by atoms with Crippen molar-refractivity contribution in [3.63, 3.8) is 0 Å². The van der Waals surface area contributed by atoms with Gasteiger partial charge in [-0.15, -0.1) is 0 Å². The Labute approximate surface area is 127 Å². The zero-order valence-electron chi connectivity index (χ0n) is 11.4. The first-order valence-corrected chi connectivity index (χ1v) is 6.61. The van der Waals surface area contributed by atoms with Gasteiger partial charge >= 0.3 is 0 Å². The number of aryl methyl sites for hydroxylation is 1. The third-order valence-corrected chi connectivity index (χ3v) is 3.03. The maximum absolute atomic E-state index is 12.1. The number of aliphatic hydroxyl groups is 1. The number of aromatic nitrogens is 1. The van der Waals surface area contributed by atoms with E-state index in [0.717, 1.165) is 5.69 Å². The topological polar surface area (TPSA) is 62.2 Å². The number of nitrogens with zero attached hydrogens (tertiary/aromatic N) is 1. The van der Waals surface area contributed by atoms with Gasteiger partial charge in [-0.2, -0.15) is 0 Å². The molecule has 0 unspecified atom stereocenters. The number of benzene rings is 1. The fourth-order valence-electron chi connectivity index (χ4n) is 1.64. The minimum atomic E-state index is -0.295. The number of anilines is 1. The van der Waals surface area contributed by atoms with Crippen LogP contribution in [0.1, 0.15) is 21.6 Å². The highest BCUT2D eigenvalue weighted by atomic mass is 35.5. The summed E-state index contributed by atoms with van der Waals surface area (Å²) >= 11 is 6.06. The molecule has 0 aliphatic carbocycles. The summed E-state index contributed by atoms with van der Waals surface area (Å²) < 4.78 is 0. The maximum atomic E-state index is 12.1. The second-order valence-corrected chi connectivity index (χ2v) is 4.70. The Morgan fingerprint density at radius 1 is 1.38 bits per heavy atom. The van der Waals surface area contributed by atoms with Crippen LogP contribution in [-0.2, 0) is 0 Å². The van der Waals surface area contributed by atoms with Crippen LogP contribution in [0.5, 0.6) is 0 Å². The number of hydrogen-bond donors (Lipinski definition) is 2. The molecule has 2 N–H and O–H groups in total. The van der Waals surface area contributed by atoms with Crippen molar-refractivity contribution < 1.29 is 9.90 Å². The fraction of sp³-hybridized carbons (Fsp3) is 0.125. The molecule has 0 bridgehead atoms. The molecule has 106 valence electrons. The van der Waals surface area contributed by atoms with Gasteiger partial charge in [0, 0.05) is 17.5 Å². The number of aliphatic hydroxyl groups excluding tert-OH is 1. The van der Waals surface area contributed by atoms with Crippen LogP contribution in [0, 0.1) is 18.8 Å². The second-order valence-electron chi connectivity index (χ2n) is 4.30. The summed E-state index contributed by atoms with van der Waals surface area (Å²) in [6.45, 7) is 1.63. The lowest BCUT2D eigenvalue weighted by atomic mass is 10.2. The summed E-state index contributed by atoms with van der Waals surface area (Å²) in [5.74, 6) is 5.01. The number of rotatable bonds is 2. The number of nitrogens with one attached hydrogen (secondary N) is 1. The minimum Gasteiger partial charge on any atom is -0.384 e. The molecule has 4 nitrogen and oxygen atoms in total. The van der Waals surface area contributed by atoms with Crippen molar-refractivity contribution in [1.29, 1.82) is 0 Å². The van der Waals surface area contributed by atoms with Crippen LogP contribution in [0.3, 0.4) is 0 Å². The number of carbonyl (C=O) groups is 1. The largest absolute Gasteiger partial charge is 0.384 e. The summed E-state index contributed by atoms with van der Waals surface area (Å²) in [5.41, 5.74) is 2.41. The highest BCUT2D eigenvalue weighted by Gasteiger charge is 2.09. The van der Waals surface area contributed by atoms with E-state index in [1.165, 1.54) is 6.20 Å². The molecular weight excluding hydrogens is 288 g/mol. The molecule has 0 atom stereocenters. The van der Waals surface area contributed by atoms with E-state index in [-0.39, 0.29) is 12.5 Å².